The van der Waals surface area contributed by atoms with Crippen molar-refractivity contribution in [2.75, 3.05) is 25.1 Å². The Hall–Kier alpha value is -9.65. The number of rotatable bonds is 51. The monoisotopic (exact) mass is 1460 g/mol. The number of guanidine groups is 1. The number of nitrogens with one attached hydrogen (secondary N) is 11. The highest BCUT2D eigenvalue weighted by atomic mass is 32.2. The third-order valence-electron chi connectivity index (χ3n) is 15.7. The van der Waals surface area contributed by atoms with Gasteiger partial charge in [0.1, 0.15) is 66.2 Å². The van der Waals surface area contributed by atoms with Crippen LogP contribution in [0.1, 0.15) is 149 Å². The number of benzene rings is 1. The fraction of sp³-hybridized carbons (Fsp3) is 0.631. The average molecular weight is 1460 g/mol. The number of aliphatic carboxylic acids is 2. The van der Waals surface area contributed by atoms with Gasteiger partial charge in [-0.25, -0.2) is 9.78 Å². The van der Waals surface area contributed by atoms with E-state index in [0.29, 0.717) is 23.4 Å². The van der Waals surface area contributed by atoms with Gasteiger partial charge in [-0.3, -0.25) is 67.3 Å². The van der Waals surface area contributed by atoms with Gasteiger partial charge < -0.3 is 108 Å². The van der Waals surface area contributed by atoms with Crippen molar-refractivity contribution in [1.82, 2.24) is 63.1 Å². The number of aliphatic imine (C=N–C) groups is 1. The zero-order chi connectivity index (χ0) is 76.8. The standard InChI is InChI=1S/C65H107N19O17S/c1-34(2)27-46(81-63(99)49(31-38-32-72-33-74-38)83-59(95)45(23-26-102-7)79-56(92)42(12-10-25-73-65(70)71)75-54(90)40(67)17-20-51(68)86)60(96)76-41(11-8-9-24-66)55(91)77-43(18-21-52(69)87)57(93)82-48(30-37-13-15-39(85)16-14-37)62(98)78-44(19-22-53(88)89)58(94)80-47(28-35(3)4)61(97)84-50(64(100)101)29-36(5)6/h13-16,32-36,40-50,85H,8-12,17-31,66-67H2,1-7H3,(H2,68,86)(H2,69,87)(H,72,74)(H,75,90)(H,76,96)(H,77,91)(H,78,98)(H,79,92)(H,80,94)(H,81,99)(H,82,93)(H,83,95)(H,84,97)(H,88,89)(H,100,101)(H4,70,71,73)/t40-,41-,42-,43-,44-,45-,46-,47-,48-,49-,50-/m0/s1. The molecule has 102 heavy (non-hydrogen) atoms. The first-order chi connectivity index (χ1) is 48.0. The highest BCUT2D eigenvalue weighted by Crippen LogP contribution is 2.17. The van der Waals surface area contributed by atoms with Crippen molar-refractivity contribution in [1.29, 1.82) is 0 Å². The normalized spacial score (nSPS) is 14.4. The number of H-pyrrole nitrogens is 1. The molecule has 37 heteroatoms. The number of nitrogens with zero attached hydrogens (tertiary/aromatic N) is 2. The van der Waals surface area contributed by atoms with Crippen LogP contribution in [-0.4, -0.2) is 206 Å². The Morgan fingerprint density at radius 1 is 0.480 bits per heavy atom. The largest absolute Gasteiger partial charge is 0.508 e. The van der Waals surface area contributed by atoms with E-state index in [4.69, 9.17) is 34.4 Å². The molecule has 0 spiro atoms. The van der Waals surface area contributed by atoms with Crippen molar-refractivity contribution in [3.8, 4) is 5.75 Å². The van der Waals surface area contributed by atoms with E-state index < -0.39 is 175 Å². The van der Waals surface area contributed by atoms with Crippen LogP contribution in [0.2, 0.25) is 0 Å². The van der Waals surface area contributed by atoms with Crippen molar-refractivity contribution in [2.45, 2.75) is 217 Å². The van der Waals surface area contributed by atoms with Gasteiger partial charge in [0.05, 0.1) is 12.4 Å². The molecule has 11 atom stereocenters. The number of carboxylic acid groups (broad SMARTS) is 2. The van der Waals surface area contributed by atoms with E-state index in [1.54, 1.807) is 47.8 Å². The lowest BCUT2D eigenvalue weighted by molar-refractivity contribution is -0.143. The maximum atomic E-state index is 14.7. The second-order valence-electron chi connectivity index (χ2n) is 26.1. The molecule has 1 heterocycles. The summed E-state index contributed by atoms with van der Waals surface area (Å²) in [5.74, 6) is -14.5. The quantitative estimate of drug-likeness (QED) is 0.0175. The molecule has 0 unspecified atom stereocenters. The van der Waals surface area contributed by atoms with Crippen LogP contribution < -0.4 is 87.6 Å². The molecule has 0 aliphatic carbocycles. The summed E-state index contributed by atoms with van der Waals surface area (Å²) in [4.78, 5) is 202. The van der Waals surface area contributed by atoms with Crippen molar-refractivity contribution in [3.05, 3.63) is 48.0 Å². The number of carbonyl (C=O) groups excluding carboxylic acids is 12. The molecule has 0 aliphatic heterocycles. The molecule has 0 saturated carbocycles. The van der Waals surface area contributed by atoms with Gasteiger partial charge in [0.2, 0.25) is 70.9 Å². The molecule has 570 valence electrons. The van der Waals surface area contributed by atoms with E-state index in [9.17, 15) is 82.4 Å². The molecule has 36 nitrogen and oxygen atoms in total. The zero-order valence-electron chi connectivity index (χ0n) is 59.0. The van der Waals surface area contributed by atoms with Gasteiger partial charge in [-0.05, 0) is 131 Å². The predicted molar refractivity (Wildman–Crippen MR) is 377 cm³/mol. The molecule has 2 aromatic rings. The molecule has 12 amide bonds. The van der Waals surface area contributed by atoms with E-state index in [1.807, 2.05) is 0 Å². The number of amides is 12. The Labute approximate surface area is 597 Å². The molecule has 26 N–H and O–H groups in total. The van der Waals surface area contributed by atoms with Gasteiger partial charge in [-0.2, -0.15) is 11.8 Å². The summed E-state index contributed by atoms with van der Waals surface area (Å²) < 4.78 is 0. The van der Waals surface area contributed by atoms with Crippen LogP contribution in [0.15, 0.2) is 41.8 Å². The summed E-state index contributed by atoms with van der Waals surface area (Å²) >= 11 is 1.34. The molecule has 0 fully saturated rings. The number of aromatic hydroxyl groups is 1. The number of imidazole rings is 1. The van der Waals surface area contributed by atoms with Crippen LogP contribution in [0.4, 0.5) is 0 Å². The van der Waals surface area contributed by atoms with Gasteiger partial charge in [-0.15, -0.1) is 0 Å². The number of unbranched alkanes of at least 4 members (excludes halogenated alkanes) is 1. The van der Waals surface area contributed by atoms with Crippen LogP contribution in [0.25, 0.3) is 0 Å². The number of thioether (sulfide) groups is 1. The minimum atomic E-state index is -1.71. The maximum Gasteiger partial charge on any atom is 0.326 e. The topological polar surface area (TPSA) is 617 Å². The summed E-state index contributed by atoms with van der Waals surface area (Å²) in [6.45, 7) is 10.7. The molecule has 0 aliphatic rings. The van der Waals surface area contributed by atoms with E-state index in [1.165, 1.54) is 48.6 Å². The van der Waals surface area contributed by atoms with E-state index in [-0.39, 0.29) is 120 Å². The lowest BCUT2D eigenvalue weighted by atomic mass is 9.99. The van der Waals surface area contributed by atoms with E-state index in [0.717, 1.165) is 0 Å². The molecular formula is C65H107N19O17S. The van der Waals surface area contributed by atoms with Crippen LogP contribution >= 0.6 is 11.8 Å². The first-order valence-electron chi connectivity index (χ1n) is 33.8. The van der Waals surface area contributed by atoms with E-state index >= 15 is 0 Å². The Kier molecular flexibility index (Phi) is 40.5. The van der Waals surface area contributed by atoms with Crippen molar-refractivity contribution in [3.63, 3.8) is 0 Å². The number of aromatic nitrogens is 2. The number of phenolic OH excluding ortho intramolecular Hbond substituents is 1. The molecule has 2 rings (SSSR count). The summed E-state index contributed by atoms with van der Waals surface area (Å²) in [7, 11) is 0. The van der Waals surface area contributed by atoms with Crippen LogP contribution in [0.3, 0.4) is 0 Å². The summed E-state index contributed by atoms with van der Waals surface area (Å²) in [5, 5.41) is 55.5. The van der Waals surface area contributed by atoms with Gasteiger partial charge in [-0.1, -0.05) is 53.7 Å². The predicted octanol–water partition coefficient (Wildman–Crippen LogP) is -3.37. The second-order valence-corrected chi connectivity index (χ2v) is 27.0. The summed E-state index contributed by atoms with van der Waals surface area (Å²) in [6, 6.07) is -10.7. The van der Waals surface area contributed by atoms with Crippen molar-refractivity contribution < 1.29 is 82.4 Å². The third kappa shape index (κ3) is 35.6. The molecule has 1 aromatic carbocycles. The second kappa shape index (κ2) is 46.7. The number of carbonyl (C=O) groups is 14. The minimum Gasteiger partial charge on any atom is -0.508 e. The van der Waals surface area contributed by atoms with E-state index in [2.05, 4.69) is 68.1 Å². The molecule has 0 saturated heterocycles. The fourth-order valence-corrected chi connectivity index (χ4v) is 10.8. The molecule has 1 aromatic heterocycles. The third-order valence-corrected chi connectivity index (χ3v) is 16.3. The molecule has 0 radical (unpaired) electrons. The smallest absolute Gasteiger partial charge is 0.326 e. The highest BCUT2D eigenvalue weighted by Gasteiger charge is 2.37. The van der Waals surface area contributed by atoms with Gasteiger partial charge in [0.25, 0.3) is 0 Å². The minimum absolute atomic E-state index is 0.00979. The van der Waals surface area contributed by atoms with Gasteiger partial charge in [0.15, 0.2) is 5.96 Å². The summed E-state index contributed by atoms with van der Waals surface area (Å²) in [6.07, 6.45) is 1.79. The van der Waals surface area contributed by atoms with Crippen LogP contribution in [-0.2, 0) is 80.0 Å². The average Bonchev–Trinajstić information content (AvgIpc) is 0.929. The van der Waals surface area contributed by atoms with Gasteiger partial charge in [0, 0.05) is 50.5 Å². The fourth-order valence-electron chi connectivity index (χ4n) is 10.3. The SMILES string of the molecule is CSCC[C@H](NC(=O)[C@H](CCCN=C(N)N)NC(=O)[C@@H](N)CCC(N)=O)C(=O)N[C@@H](Cc1cnc[nH]1)C(=O)N[C@@H](CC(C)C)C(=O)N[C@@H](CCCCN)C(=O)N[C@@H](CCC(N)=O)C(=O)N[C@@H](Cc1ccc(O)cc1)C(=O)N[C@@H](CCC(=O)O)C(=O)N[C@@H](CC(C)C)C(=O)N[C@@H](CC(C)C)C(=O)O. The number of nitrogens with two attached hydrogens (primary N) is 6. The Balaban J connectivity index is 2.63. The highest BCUT2D eigenvalue weighted by molar-refractivity contribution is 7.98. The molecule has 0 bridgehead atoms. The maximum absolute atomic E-state index is 14.7. The number of hydrogen-bond acceptors (Lipinski definition) is 20. The van der Waals surface area contributed by atoms with Crippen LogP contribution in [0, 0.1) is 17.8 Å². The first kappa shape index (κ1) is 88.4. The Morgan fingerprint density at radius 3 is 1.28 bits per heavy atom. The van der Waals surface area contributed by atoms with Gasteiger partial charge >= 0.3 is 11.9 Å². The molecular weight excluding hydrogens is 1350 g/mol. The lowest BCUT2D eigenvalue weighted by Crippen LogP contribution is -2.61. The van der Waals surface area contributed by atoms with Crippen LogP contribution in [0.5, 0.6) is 5.75 Å². The number of primary amides is 2. The zero-order valence-corrected chi connectivity index (χ0v) is 59.8. The summed E-state index contributed by atoms with van der Waals surface area (Å²) in [5.41, 5.74) is 34.3. The van der Waals surface area contributed by atoms with Crippen molar-refractivity contribution >= 4 is 101 Å². The number of aromatic amines is 1. The Bertz CT molecular complexity index is 3120. The number of hydrogen-bond donors (Lipinski definition) is 20. The number of phenols is 1. The lowest BCUT2D eigenvalue weighted by Gasteiger charge is -2.29. The van der Waals surface area contributed by atoms with Crippen molar-refractivity contribution in [2.24, 2.45) is 57.1 Å². The first-order valence-corrected chi connectivity index (χ1v) is 35.2. The number of carboxylic acids is 2. The Morgan fingerprint density at radius 2 is 0.863 bits per heavy atom.